The smallest absolute Gasteiger partial charge is 0.258 e. The van der Waals surface area contributed by atoms with Gasteiger partial charge >= 0.3 is 0 Å². The van der Waals surface area contributed by atoms with Crippen LogP contribution >= 0.6 is 0 Å². The molecule has 0 heterocycles. The molecule has 148 valence electrons. The van der Waals surface area contributed by atoms with Crippen LogP contribution in [0.2, 0.25) is 0 Å². The summed E-state index contributed by atoms with van der Waals surface area (Å²) >= 11 is 0. The summed E-state index contributed by atoms with van der Waals surface area (Å²) in [4.78, 5) is 16.5. The van der Waals surface area contributed by atoms with E-state index in [9.17, 15) is 4.79 Å². The second-order valence-corrected chi connectivity index (χ2v) is 7.45. The first-order valence-electron chi connectivity index (χ1n) is 10.3. The molecule has 0 aromatic heterocycles. The zero-order valence-electron chi connectivity index (χ0n) is 16.3. The SMILES string of the molecule is CCNC(=NCc1cccc(OCC(=O)NC2CC2)c1)NC1CCCCC1. The lowest BCUT2D eigenvalue weighted by atomic mass is 9.96. The topological polar surface area (TPSA) is 74.8 Å². The minimum absolute atomic E-state index is 0.0490. The molecule has 0 aliphatic heterocycles. The summed E-state index contributed by atoms with van der Waals surface area (Å²) < 4.78 is 5.62. The maximum absolute atomic E-state index is 11.8. The molecule has 2 aliphatic carbocycles. The quantitative estimate of drug-likeness (QED) is 0.484. The largest absolute Gasteiger partial charge is 0.484 e. The number of hydrogen-bond donors (Lipinski definition) is 3. The van der Waals surface area contributed by atoms with Crippen LogP contribution in [0.25, 0.3) is 0 Å². The summed E-state index contributed by atoms with van der Waals surface area (Å²) in [6.07, 6.45) is 8.55. The summed E-state index contributed by atoms with van der Waals surface area (Å²) in [5.41, 5.74) is 1.07. The van der Waals surface area contributed by atoms with Crippen LogP contribution in [-0.4, -0.2) is 37.1 Å². The van der Waals surface area contributed by atoms with Crippen LogP contribution in [0.3, 0.4) is 0 Å². The van der Waals surface area contributed by atoms with E-state index in [1.807, 2.05) is 24.3 Å². The van der Waals surface area contributed by atoms with E-state index in [1.165, 1.54) is 32.1 Å². The molecule has 3 N–H and O–H groups in total. The van der Waals surface area contributed by atoms with Crippen molar-refractivity contribution >= 4 is 11.9 Å². The van der Waals surface area contributed by atoms with Gasteiger partial charge in [0.05, 0.1) is 6.54 Å². The van der Waals surface area contributed by atoms with Gasteiger partial charge in [-0.1, -0.05) is 31.4 Å². The summed E-state index contributed by atoms with van der Waals surface area (Å²) in [7, 11) is 0. The standard InChI is InChI=1S/C21H32N4O2/c1-2-22-21(25-17-8-4-3-5-9-17)23-14-16-7-6-10-19(13-16)27-15-20(26)24-18-11-12-18/h6-7,10,13,17-18H,2-5,8-9,11-12,14-15H2,1H3,(H,24,26)(H2,22,23,25). The van der Waals surface area contributed by atoms with Crippen molar-refractivity contribution in [3.63, 3.8) is 0 Å². The Labute approximate surface area is 162 Å². The van der Waals surface area contributed by atoms with E-state index in [0.717, 1.165) is 30.9 Å². The lowest BCUT2D eigenvalue weighted by molar-refractivity contribution is -0.123. The molecule has 1 aromatic carbocycles. The molecule has 2 fully saturated rings. The van der Waals surface area contributed by atoms with E-state index in [2.05, 4.69) is 22.9 Å². The van der Waals surface area contributed by atoms with Crippen molar-refractivity contribution in [3.05, 3.63) is 29.8 Å². The third kappa shape index (κ3) is 7.12. The van der Waals surface area contributed by atoms with Crippen LogP contribution in [0.15, 0.2) is 29.3 Å². The zero-order chi connectivity index (χ0) is 18.9. The molecule has 2 saturated carbocycles. The second kappa shape index (κ2) is 10.2. The first-order valence-corrected chi connectivity index (χ1v) is 10.3. The molecule has 1 amide bonds. The molecule has 0 spiro atoms. The van der Waals surface area contributed by atoms with Crippen molar-refractivity contribution in [1.82, 2.24) is 16.0 Å². The van der Waals surface area contributed by atoms with Crippen LogP contribution in [-0.2, 0) is 11.3 Å². The molecule has 6 heteroatoms. The van der Waals surface area contributed by atoms with E-state index in [0.29, 0.717) is 24.4 Å². The van der Waals surface area contributed by atoms with Gasteiger partial charge in [0.25, 0.3) is 5.91 Å². The van der Waals surface area contributed by atoms with Gasteiger partial charge in [-0.25, -0.2) is 4.99 Å². The summed E-state index contributed by atoms with van der Waals surface area (Å²) in [6.45, 7) is 3.57. The Bertz CT molecular complexity index is 637. The fourth-order valence-electron chi connectivity index (χ4n) is 3.31. The number of aliphatic imine (C=N–C) groups is 1. The molecule has 0 atom stereocenters. The average Bonchev–Trinajstić information content (AvgIpc) is 3.50. The molecule has 1 aromatic rings. The Morgan fingerprint density at radius 2 is 1.89 bits per heavy atom. The normalized spacial score (nSPS) is 18.0. The van der Waals surface area contributed by atoms with Gasteiger partial charge in [0.15, 0.2) is 12.6 Å². The van der Waals surface area contributed by atoms with Gasteiger partial charge in [-0.15, -0.1) is 0 Å². The Morgan fingerprint density at radius 1 is 1.11 bits per heavy atom. The average molecular weight is 373 g/mol. The Balaban J connectivity index is 1.51. The lowest BCUT2D eigenvalue weighted by Gasteiger charge is -2.24. The highest BCUT2D eigenvalue weighted by Gasteiger charge is 2.23. The fraction of sp³-hybridized carbons (Fsp3) is 0.619. The summed E-state index contributed by atoms with van der Waals surface area (Å²) in [5, 5.41) is 9.82. The van der Waals surface area contributed by atoms with Crippen LogP contribution in [0.1, 0.15) is 57.4 Å². The number of hydrogen-bond acceptors (Lipinski definition) is 3. The van der Waals surface area contributed by atoms with Crippen LogP contribution in [0.5, 0.6) is 5.75 Å². The second-order valence-electron chi connectivity index (χ2n) is 7.45. The maximum atomic E-state index is 11.8. The van der Waals surface area contributed by atoms with Crippen molar-refractivity contribution in [2.75, 3.05) is 13.2 Å². The van der Waals surface area contributed by atoms with Crippen LogP contribution in [0, 0.1) is 0 Å². The number of guanidine groups is 1. The van der Waals surface area contributed by atoms with E-state index in [4.69, 9.17) is 9.73 Å². The molecule has 0 radical (unpaired) electrons. The van der Waals surface area contributed by atoms with Gasteiger partial charge in [-0.2, -0.15) is 0 Å². The third-order valence-electron chi connectivity index (χ3n) is 4.92. The maximum Gasteiger partial charge on any atom is 0.258 e. The first-order chi connectivity index (χ1) is 13.2. The van der Waals surface area contributed by atoms with Gasteiger partial charge < -0.3 is 20.7 Å². The van der Waals surface area contributed by atoms with Gasteiger partial charge in [0, 0.05) is 18.6 Å². The number of ether oxygens (including phenoxy) is 1. The number of benzene rings is 1. The van der Waals surface area contributed by atoms with E-state index >= 15 is 0 Å². The molecule has 6 nitrogen and oxygen atoms in total. The molecule has 0 bridgehead atoms. The number of nitrogens with zero attached hydrogens (tertiary/aromatic N) is 1. The Kier molecular flexibility index (Phi) is 7.36. The van der Waals surface area contributed by atoms with Gasteiger partial charge in [-0.3, -0.25) is 4.79 Å². The third-order valence-corrected chi connectivity index (χ3v) is 4.92. The molecule has 3 rings (SSSR count). The van der Waals surface area contributed by atoms with Crippen molar-refractivity contribution < 1.29 is 9.53 Å². The predicted molar refractivity (Wildman–Crippen MR) is 108 cm³/mol. The van der Waals surface area contributed by atoms with Gasteiger partial charge in [0.2, 0.25) is 0 Å². The van der Waals surface area contributed by atoms with Gasteiger partial charge in [-0.05, 0) is 50.3 Å². The minimum atomic E-state index is -0.0490. The molecule has 27 heavy (non-hydrogen) atoms. The predicted octanol–water partition coefficient (Wildman–Crippen LogP) is 2.73. The fourth-order valence-corrected chi connectivity index (χ4v) is 3.31. The first kappa shape index (κ1) is 19.5. The molecule has 2 aliphatic rings. The van der Waals surface area contributed by atoms with E-state index < -0.39 is 0 Å². The van der Waals surface area contributed by atoms with Crippen molar-refractivity contribution in [3.8, 4) is 5.75 Å². The highest BCUT2D eigenvalue weighted by Crippen LogP contribution is 2.19. The van der Waals surface area contributed by atoms with Crippen molar-refractivity contribution in [2.24, 2.45) is 4.99 Å². The van der Waals surface area contributed by atoms with E-state index in [1.54, 1.807) is 0 Å². The Hall–Kier alpha value is -2.24. The molecular weight excluding hydrogens is 340 g/mol. The number of nitrogens with one attached hydrogen (secondary N) is 3. The molecular formula is C21H32N4O2. The summed E-state index contributed by atoms with van der Waals surface area (Å²) in [5.74, 6) is 1.53. The number of carbonyl (C=O) groups excluding carboxylic acids is 1. The highest BCUT2D eigenvalue weighted by atomic mass is 16.5. The monoisotopic (exact) mass is 372 g/mol. The van der Waals surface area contributed by atoms with Crippen LogP contribution < -0.4 is 20.7 Å². The number of amides is 1. The summed E-state index contributed by atoms with van der Waals surface area (Å²) in [6, 6.07) is 8.70. The number of carbonyl (C=O) groups is 1. The lowest BCUT2D eigenvalue weighted by Crippen LogP contribution is -2.44. The Morgan fingerprint density at radius 3 is 2.63 bits per heavy atom. The van der Waals surface area contributed by atoms with Gasteiger partial charge in [0.1, 0.15) is 5.75 Å². The molecule has 0 saturated heterocycles. The number of rotatable bonds is 8. The highest BCUT2D eigenvalue weighted by molar-refractivity contribution is 5.80. The van der Waals surface area contributed by atoms with Crippen molar-refractivity contribution in [1.29, 1.82) is 0 Å². The minimum Gasteiger partial charge on any atom is -0.484 e. The van der Waals surface area contributed by atoms with Crippen molar-refractivity contribution in [2.45, 2.75) is 70.5 Å². The van der Waals surface area contributed by atoms with E-state index in [-0.39, 0.29) is 12.5 Å². The molecule has 0 unspecified atom stereocenters. The van der Waals surface area contributed by atoms with Crippen LogP contribution in [0.4, 0.5) is 0 Å². The zero-order valence-corrected chi connectivity index (χ0v) is 16.3.